The summed E-state index contributed by atoms with van der Waals surface area (Å²) in [6.45, 7) is 7.59. The van der Waals surface area contributed by atoms with Gasteiger partial charge in [-0.25, -0.2) is 4.79 Å². The number of methoxy groups -OCH3 is 1. The molecule has 140 valence electrons. The zero-order chi connectivity index (χ0) is 19.9. The topological polar surface area (TPSA) is 60.3 Å². The zero-order valence-corrected chi connectivity index (χ0v) is 16.7. The molecule has 0 radical (unpaired) electrons. The molecule has 1 N–H and O–H groups in total. The molecule has 0 fully saturated rings. The number of rotatable bonds is 3. The average molecular weight is 385 g/mol. The molecule has 0 atom stereocenters. The van der Waals surface area contributed by atoms with Crippen molar-refractivity contribution >= 4 is 29.6 Å². The summed E-state index contributed by atoms with van der Waals surface area (Å²) in [6, 6.07) is 7.87. The number of allylic oxidation sites excluding steroid dienone is 1. The van der Waals surface area contributed by atoms with Crippen molar-refractivity contribution < 1.29 is 14.3 Å². The summed E-state index contributed by atoms with van der Waals surface area (Å²) in [5.74, 6) is -0.840. The summed E-state index contributed by atoms with van der Waals surface area (Å²) in [7, 11) is 1.30. The SMILES string of the molecule is COC(=O)C1=C(C)NC(=O)/C1=C\c1cc(C)n(-c2ccc(C)c(Cl)c2)c1C. The first-order valence-electron chi connectivity index (χ1n) is 8.52. The van der Waals surface area contributed by atoms with Gasteiger partial charge in [0.15, 0.2) is 0 Å². The molecule has 1 aromatic heterocycles. The largest absolute Gasteiger partial charge is 0.465 e. The van der Waals surface area contributed by atoms with Gasteiger partial charge in [-0.1, -0.05) is 17.7 Å². The van der Waals surface area contributed by atoms with Gasteiger partial charge in [0.1, 0.15) is 0 Å². The fraction of sp³-hybridized carbons (Fsp3) is 0.238. The first-order valence-corrected chi connectivity index (χ1v) is 8.90. The Balaban J connectivity index is 2.11. The summed E-state index contributed by atoms with van der Waals surface area (Å²) in [6.07, 6.45) is 1.73. The van der Waals surface area contributed by atoms with Crippen molar-refractivity contribution in [2.75, 3.05) is 7.11 Å². The van der Waals surface area contributed by atoms with Crippen LogP contribution in [0.1, 0.15) is 29.4 Å². The first kappa shape index (κ1) is 19.0. The van der Waals surface area contributed by atoms with Gasteiger partial charge >= 0.3 is 5.97 Å². The number of carbonyl (C=O) groups is 2. The highest BCUT2D eigenvalue weighted by Gasteiger charge is 2.31. The van der Waals surface area contributed by atoms with Gasteiger partial charge in [-0.3, -0.25) is 4.79 Å². The van der Waals surface area contributed by atoms with Crippen LogP contribution >= 0.6 is 11.6 Å². The molecule has 0 bridgehead atoms. The number of carbonyl (C=O) groups excluding carboxylic acids is 2. The number of nitrogens with zero attached hydrogens (tertiary/aromatic N) is 1. The number of ether oxygens (including phenoxy) is 1. The number of nitrogens with one attached hydrogen (secondary N) is 1. The Kier molecular flexibility index (Phi) is 4.98. The van der Waals surface area contributed by atoms with Crippen molar-refractivity contribution in [1.82, 2.24) is 9.88 Å². The van der Waals surface area contributed by atoms with Crippen LogP contribution in [0, 0.1) is 20.8 Å². The van der Waals surface area contributed by atoms with E-state index in [2.05, 4.69) is 9.88 Å². The number of aromatic nitrogens is 1. The molecule has 2 aromatic rings. The van der Waals surface area contributed by atoms with Crippen LogP contribution < -0.4 is 5.32 Å². The quantitative estimate of drug-likeness (QED) is 0.642. The number of halogens is 1. The molecule has 6 heteroatoms. The van der Waals surface area contributed by atoms with Crippen molar-refractivity contribution in [1.29, 1.82) is 0 Å². The summed E-state index contributed by atoms with van der Waals surface area (Å²) in [5.41, 5.74) is 5.83. The fourth-order valence-corrected chi connectivity index (χ4v) is 3.50. The third-order valence-corrected chi connectivity index (χ3v) is 5.17. The van der Waals surface area contributed by atoms with Crippen LogP contribution in [0.5, 0.6) is 0 Å². The predicted octanol–water partition coefficient (Wildman–Crippen LogP) is 4.02. The minimum Gasteiger partial charge on any atom is -0.465 e. The molecule has 1 aliphatic heterocycles. The van der Waals surface area contributed by atoms with Crippen LogP contribution in [-0.2, 0) is 14.3 Å². The van der Waals surface area contributed by atoms with Gasteiger partial charge < -0.3 is 14.6 Å². The van der Waals surface area contributed by atoms with E-state index in [1.807, 2.05) is 45.0 Å². The van der Waals surface area contributed by atoms with E-state index in [0.29, 0.717) is 16.3 Å². The van der Waals surface area contributed by atoms with Crippen LogP contribution in [0.3, 0.4) is 0 Å². The molecule has 3 rings (SSSR count). The molecule has 5 nitrogen and oxygen atoms in total. The highest BCUT2D eigenvalue weighted by Crippen LogP contribution is 2.29. The Bertz CT molecular complexity index is 1030. The molecule has 0 spiro atoms. The molecule has 0 saturated heterocycles. The van der Waals surface area contributed by atoms with Crippen LogP contribution in [-0.4, -0.2) is 23.6 Å². The Labute approximate surface area is 163 Å². The van der Waals surface area contributed by atoms with Gasteiger partial charge in [-0.2, -0.15) is 0 Å². The third-order valence-electron chi connectivity index (χ3n) is 4.76. The number of aryl methyl sites for hydroxylation is 2. The van der Waals surface area contributed by atoms with Crippen LogP contribution in [0.4, 0.5) is 0 Å². The molecule has 0 saturated carbocycles. The smallest absolute Gasteiger partial charge is 0.340 e. The maximum absolute atomic E-state index is 12.3. The van der Waals surface area contributed by atoms with Crippen molar-refractivity contribution in [2.24, 2.45) is 0 Å². The Morgan fingerprint density at radius 2 is 1.89 bits per heavy atom. The van der Waals surface area contributed by atoms with Gasteiger partial charge in [0, 0.05) is 27.8 Å². The Morgan fingerprint density at radius 1 is 1.19 bits per heavy atom. The lowest BCUT2D eigenvalue weighted by Gasteiger charge is -2.11. The monoisotopic (exact) mass is 384 g/mol. The third kappa shape index (κ3) is 3.30. The lowest BCUT2D eigenvalue weighted by atomic mass is 10.0. The molecular weight excluding hydrogens is 364 g/mol. The summed E-state index contributed by atoms with van der Waals surface area (Å²) < 4.78 is 6.89. The highest BCUT2D eigenvalue weighted by molar-refractivity contribution is 6.31. The second-order valence-electron chi connectivity index (χ2n) is 6.60. The summed E-state index contributed by atoms with van der Waals surface area (Å²) >= 11 is 6.28. The van der Waals surface area contributed by atoms with E-state index in [4.69, 9.17) is 16.3 Å². The lowest BCUT2D eigenvalue weighted by Crippen LogP contribution is -2.15. The van der Waals surface area contributed by atoms with Crippen LogP contribution in [0.15, 0.2) is 41.1 Å². The van der Waals surface area contributed by atoms with Gasteiger partial charge in [0.25, 0.3) is 5.91 Å². The van der Waals surface area contributed by atoms with Crippen LogP contribution in [0.2, 0.25) is 5.02 Å². The fourth-order valence-electron chi connectivity index (χ4n) is 3.33. The second-order valence-corrected chi connectivity index (χ2v) is 7.01. The van der Waals surface area contributed by atoms with E-state index in [0.717, 1.165) is 28.2 Å². The van der Waals surface area contributed by atoms with E-state index in [1.54, 1.807) is 13.0 Å². The molecule has 1 amide bonds. The Morgan fingerprint density at radius 3 is 2.52 bits per heavy atom. The molecule has 2 heterocycles. The Hall–Kier alpha value is -2.79. The number of esters is 1. The van der Waals surface area contributed by atoms with Gasteiger partial charge in [0.05, 0.1) is 18.3 Å². The molecule has 0 aliphatic carbocycles. The molecule has 1 aliphatic rings. The molecule has 0 unspecified atom stereocenters. The molecule has 27 heavy (non-hydrogen) atoms. The molecular formula is C21H21ClN2O3. The lowest BCUT2D eigenvalue weighted by molar-refractivity contribution is -0.136. The van der Waals surface area contributed by atoms with Crippen molar-refractivity contribution in [3.05, 3.63) is 68.6 Å². The number of benzene rings is 1. The van der Waals surface area contributed by atoms with Crippen molar-refractivity contribution in [3.8, 4) is 5.69 Å². The van der Waals surface area contributed by atoms with E-state index in [9.17, 15) is 9.59 Å². The second kappa shape index (κ2) is 7.08. The number of hydrogen-bond acceptors (Lipinski definition) is 3. The summed E-state index contributed by atoms with van der Waals surface area (Å²) in [4.78, 5) is 24.4. The summed E-state index contributed by atoms with van der Waals surface area (Å²) in [5, 5.41) is 3.38. The van der Waals surface area contributed by atoms with E-state index in [1.165, 1.54) is 7.11 Å². The highest BCUT2D eigenvalue weighted by atomic mass is 35.5. The number of hydrogen-bond donors (Lipinski definition) is 1. The maximum atomic E-state index is 12.3. The van der Waals surface area contributed by atoms with Crippen LogP contribution in [0.25, 0.3) is 11.8 Å². The van der Waals surface area contributed by atoms with Crippen molar-refractivity contribution in [2.45, 2.75) is 27.7 Å². The van der Waals surface area contributed by atoms with Gasteiger partial charge in [-0.15, -0.1) is 0 Å². The normalized spacial score (nSPS) is 15.5. The van der Waals surface area contributed by atoms with Gasteiger partial charge in [0.2, 0.25) is 0 Å². The zero-order valence-electron chi connectivity index (χ0n) is 15.9. The van der Waals surface area contributed by atoms with E-state index >= 15 is 0 Å². The average Bonchev–Trinajstić information content (AvgIpc) is 3.05. The first-order chi connectivity index (χ1) is 12.7. The minimum absolute atomic E-state index is 0.269. The molecule has 1 aromatic carbocycles. The maximum Gasteiger partial charge on any atom is 0.340 e. The van der Waals surface area contributed by atoms with Crippen molar-refractivity contribution in [3.63, 3.8) is 0 Å². The van der Waals surface area contributed by atoms with E-state index < -0.39 is 5.97 Å². The number of amides is 1. The standard InChI is InChI=1S/C21H21ClN2O3/c1-11-6-7-16(10-18(11)22)24-12(2)8-15(14(24)4)9-17-19(21(26)27-5)13(3)23-20(17)25/h6-10H,1-5H3,(H,23,25)/b17-9-. The minimum atomic E-state index is -0.531. The predicted molar refractivity (Wildman–Crippen MR) is 106 cm³/mol. The van der Waals surface area contributed by atoms with E-state index in [-0.39, 0.29) is 11.5 Å². The van der Waals surface area contributed by atoms with Gasteiger partial charge in [-0.05, 0) is 63.1 Å².